The monoisotopic (exact) mass is 429 g/mol. The molecule has 0 saturated carbocycles. The highest BCUT2D eigenvalue weighted by molar-refractivity contribution is 5.78. The van der Waals surface area contributed by atoms with Crippen molar-refractivity contribution in [3.05, 3.63) is 0 Å². The van der Waals surface area contributed by atoms with Crippen LogP contribution in [0.2, 0.25) is 0 Å². The summed E-state index contributed by atoms with van der Waals surface area (Å²) >= 11 is 0. The van der Waals surface area contributed by atoms with Crippen molar-refractivity contribution in [3.8, 4) is 0 Å². The van der Waals surface area contributed by atoms with Gasteiger partial charge in [0.2, 0.25) is 5.91 Å². The Bertz CT molecular complexity index is 546. The molecule has 0 aliphatic carbocycles. The molecule has 1 heterocycles. The molecule has 1 amide bonds. The fourth-order valence-corrected chi connectivity index (χ4v) is 3.25. The summed E-state index contributed by atoms with van der Waals surface area (Å²) in [7, 11) is 1.99. The highest BCUT2D eigenvalue weighted by Gasteiger charge is 2.19. The van der Waals surface area contributed by atoms with Crippen LogP contribution in [-0.4, -0.2) is 133 Å². The Morgan fingerprint density at radius 1 is 0.767 bits per heavy atom. The maximum atomic E-state index is 12.3. The Morgan fingerprint density at radius 3 is 1.57 bits per heavy atom. The molecule has 10 heteroatoms. The van der Waals surface area contributed by atoms with Crippen LogP contribution in [0.1, 0.15) is 20.3 Å². The second kappa shape index (κ2) is 14.3. The summed E-state index contributed by atoms with van der Waals surface area (Å²) in [4.78, 5) is 42.5. The van der Waals surface area contributed by atoms with Crippen molar-refractivity contribution in [2.75, 3.05) is 85.6 Å². The molecule has 0 unspecified atom stereocenters. The number of hydrogen-bond donors (Lipinski definition) is 3. The van der Waals surface area contributed by atoms with Gasteiger partial charge in [-0.05, 0) is 19.4 Å². The van der Waals surface area contributed by atoms with Gasteiger partial charge in [0.05, 0.1) is 19.6 Å². The molecule has 30 heavy (non-hydrogen) atoms. The highest BCUT2D eigenvalue weighted by Crippen LogP contribution is 2.01. The van der Waals surface area contributed by atoms with Gasteiger partial charge in [-0.1, -0.05) is 13.8 Å². The minimum atomic E-state index is -0.912. The van der Waals surface area contributed by atoms with Gasteiger partial charge in [-0.25, -0.2) is 0 Å². The number of rotatable bonds is 9. The zero-order valence-corrected chi connectivity index (χ0v) is 18.7. The Kier molecular flexibility index (Phi) is 12.5. The van der Waals surface area contributed by atoms with Gasteiger partial charge in [-0.3, -0.25) is 29.1 Å². The summed E-state index contributed by atoms with van der Waals surface area (Å²) < 4.78 is 0. The second-order valence-corrected chi connectivity index (χ2v) is 8.45. The van der Waals surface area contributed by atoms with E-state index in [0.717, 1.165) is 13.0 Å². The molecular formula is C20H39N5O5. The smallest absolute Gasteiger partial charge is 0.317 e. The zero-order chi connectivity index (χ0) is 22.5. The standard InChI is InChI=1S/C20H39N5O5/c1-17(2)4-5-21-18(26)14-23-8-6-22(3)7-9-24(15-19(27)28)12-13-25(11-10-23)16-20(29)30/h17H,4-16H2,1-3H3,(H,21,26)(H,27,28)(H,29,30). The number of aliphatic carboxylic acids is 2. The Hall–Kier alpha value is -1.75. The van der Waals surface area contributed by atoms with Crippen molar-refractivity contribution in [1.29, 1.82) is 0 Å². The van der Waals surface area contributed by atoms with E-state index in [1.165, 1.54) is 0 Å². The third-order valence-corrected chi connectivity index (χ3v) is 5.19. The number of carboxylic acid groups (broad SMARTS) is 2. The van der Waals surface area contributed by atoms with Crippen molar-refractivity contribution >= 4 is 17.8 Å². The number of carbonyl (C=O) groups excluding carboxylic acids is 1. The van der Waals surface area contributed by atoms with Gasteiger partial charge in [0.1, 0.15) is 0 Å². The van der Waals surface area contributed by atoms with Crippen molar-refractivity contribution in [2.24, 2.45) is 5.92 Å². The first kappa shape index (κ1) is 26.3. The van der Waals surface area contributed by atoms with Crippen LogP contribution in [0.3, 0.4) is 0 Å². The summed E-state index contributed by atoms with van der Waals surface area (Å²) in [5.41, 5.74) is 0. The van der Waals surface area contributed by atoms with Crippen molar-refractivity contribution in [3.63, 3.8) is 0 Å². The van der Waals surface area contributed by atoms with Gasteiger partial charge in [0, 0.05) is 58.9 Å². The van der Waals surface area contributed by atoms with Crippen LogP contribution in [0, 0.1) is 5.92 Å². The Labute approximate surface area is 179 Å². The average Bonchev–Trinajstić information content (AvgIpc) is 2.63. The first-order valence-electron chi connectivity index (χ1n) is 10.7. The molecule has 0 bridgehead atoms. The summed E-state index contributed by atoms with van der Waals surface area (Å²) in [5, 5.41) is 21.3. The molecule has 0 aromatic heterocycles. The molecule has 0 radical (unpaired) electrons. The predicted octanol–water partition coefficient (Wildman–Crippen LogP) is -0.831. The summed E-state index contributed by atoms with van der Waals surface area (Å²) in [6.07, 6.45) is 0.938. The highest BCUT2D eigenvalue weighted by atomic mass is 16.4. The number of carbonyl (C=O) groups is 3. The number of nitrogens with one attached hydrogen (secondary N) is 1. The fourth-order valence-electron chi connectivity index (χ4n) is 3.25. The maximum absolute atomic E-state index is 12.3. The zero-order valence-electron chi connectivity index (χ0n) is 18.7. The van der Waals surface area contributed by atoms with E-state index < -0.39 is 11.9 Å². The van der Waals surface area contributed by atoms with Gasteiger partial charge in [-0.15, -0.1) is 0 Å². The summed E-state index contributed by atoms with van der Waals surface area (Å²) in [6.45, 7) is 9.82. The molecule has 1 aliphatic heterocycles. The maximum Gasteiger partial charge on any atom is 0.317 e. The molecule has 3 N–H and O–H groups in total. The van der Waals surface area contributed by atoms with Crippen molar-refractivity contribution in [1.82, 2.24) is 24.9 Å². The first-order valence-corrected chi connectivity index (χ1v) is 10.7. The van der Waals surface area contributed by atoms with Gasteiger partial charge >= 0.3 is 11.9 Å². The van der Waals surface area contributed by atoms with Crippen LogP contribution in [0.4, 0.5) is 0 Å². The Balaban J connectivity index is 2.71. The van der Waals surface area contributed by atoms with E-state index in [4.69, 9.17) is 5.11 Å². The molecule has 0 spiro atoms. The van der Waals surface area contributed by atoms with Gasteiger partial charge in [-0.2, -0.15) is 0 Å². The lowest BCUT2D eigenvalue weighted by molar-refractivity contribution is -0.140. The lowest BCUT2D eigenvalue weighted by atomic mass is 10.1. The molecular weight excluding hydrogens is 390 g/mol. The van der Waals surface area contributed by atoms with E-state index in [9.17, 15) is 19.5 Å². The lowest BCUT2D eigenvalue weighted by Gasteiger charge is -2.32. The average molecular weight is 430 g/mol. The third kappa shape index (κ3) is 12.7. The van der Waals surface area contributed by atoms with Crippen LogP contribution in [0.15, 0.2) is 0 Å². The normalized spacial score (nSPS) is 19.2. The van der Waals surface area contributed by atoms with Gasteiger partial charge in [0.15, 0.2) is 0 Å². The van der Waals surface area contributed by atoms with E-state index in [-0.39, 0.29) is 25.5 Å². The van der Waals surface area contributed by atoms with Crippen molar-refractivity contribution < 1.29 is 24.6 Å². The molecule has 1 aliphatic rings. The molecule has 1 fully saturated rings. The largest absolute Gasteiger partial charge is 0.480 e. The third-order valence-electron chi connectivity index (χ3n) is 5.19. The molecule has 0 aromatic carbocycles. The molecule has 1 saturated heterocycles. The lowest BCUT2D eigenvalue weighted by Crippen LogP contribution is -2.48. The number of likely N-dealkylation sites (N-methyl/N-ethyl adjacent to an activating group) is 1. The number of hydrogen-bond acceptors (Lipinski definition) is 7. The predicted molar refractivity (Wildman–Crippen MR) is 115 cm³/mol. The molecule has 1 rings (SSSR count). The number of nitrogens with zero attached hydrogens (tertiary/aromatic N) is 4. The van der Waals surface area contributed by atoms with Gasteiger partial charge in [0.25, 0.3) is 0 Å². The Morgan fingerprint density at radius 2 is 1.17 bits per heavy atom. The summed E-state index contributed by atoms with van der Waals surface area (Å²) in [6, 6.07) is 0. The quantitative estimate of drug-likeness (QED) is 0.432. The molecule has 0 atom stereocenters. The SMILES string of the molecule is CC(C)CCNC(=O)CN1CCN(C)CCN(CC(=O)O)CCN(CC(=O)O)CC1. The van der Waals surface area contributed by atoms with Gasteiger partial charge < -0.3 is 20.4 Å². The van der Waals surface area contributed by atoms with E-state index in [2.05, 4.69) is 29.0 Å². The number of carboxylic acids is 2. The van der Waals surface area contributed by atoms with Crippen molar-refractivity contribution in [2.45, 2.75) is 20.3 Å². The van der Waals surface area contributed by atoms with E-state index >= 15 is 0 Å². The second-order valence-electron chi connectivity index (χ2n) is 8.45. The van der Waals surface area contributed by atoms with Crippen LogP contribution >= 0.6 is 0 Å². The minimum absolute atomic E-state index is 0.0113. The van der Waals surface area contributed by atoms with E-state index in [1.54, 1.807) is 0 Å². The van der Waals surface area contributed by atoms with Crippen LogP contribution in [0.25, 0.3) is 0 Å². The van der Waals surface area contributed by atoms with Crippen LogP contribution < -0.4 is 5.32 Å². The topological polar surface area (TPSA) is 117 Å². The molecule has 174 valence electrons. The van der Waals surface area contributed by atoms with Crippen LogP contribution in [0.5, 0.6) is 0 Å². The van der Waals surface area contributed by atoms with Crippen LogP contribution in [-0.2, 0) is 14.4 Å². The van der Waals surface area contributed by atoms with E-state index in [1.807, 2.05) is 16.8 Å². The fraction of sp³-hybridized carbons (Fsp3) is 0.850. The molecule has 10 nitrogen and oxygen atoms in total. The number of amides is 1. The van der Waals surface area contributed by atoms with E-state index in [0.29, 0.717) is 58.3 Å². The summed E-state index contributed by atoms with van der Waals surface area (Å²) in [5.74, 6) is -1.28. The molecule has 0 aromatic rings. The first-order chi connectivity index (χ1) is 14.2. The minimum Gasteiger partial charge on any atom is -0.480 e.